The molecule has 0 aliphatic heterocycles. The maximum absolute atomic E-state index is 5.87. The van der Waals surface area contributed by atoms with Crippen LogP contribution in [0, 0.1) is 5.92 Å². The van der Waals surface area contributed by atoms with E-state index in [-0.39, 0.29) is 24.0 Å². The van der Waals surface area contributed by atoms with Crippen LogP contribution in [0.15, 0.2) is 17.1 Å². The molecule has 0 atom stereocenters. The number of guanidine groups is 1. The maximum atomic E-state index is 5.87. The number of hydrogen-bond acceptors (Lipinski definition) is 4. The van der Waals surface area contributed by atoms with Crippen LogP contribution in [-0.2, 0) is 6.54 Å². The zero-order valence-electron chi connectivity index (χ0n) is 14.5. The molecule has 0 aromatic heterocycles. The van der Waals surface area contributed by atoms with Crippen LogP contribution < -0.4 is 25.3 Å². The van der Waals surface area contributed by atoms with Gasteiger partial charge in [-0.3, -0.25) is 0 Å². The van der Waals surface area contributed by atoms with E-state index in [1.165, 1.54) is 0 Å². The average molecular weight is 437 g/mol. The van der Waals surface area contributed by atoms with Crippen LogP contribution in [0.25, 0.3) is 0 Å². The molecule has 0 radical (unpaired) electrons. The standard InChI is InChI=1S/C16H27N3O3.HI/c1-11(2)8-9-18-16(17)19-10-12-6-7-13(20-3)15(22-5)14(12)21-4;/h6-7,11H,8-10H2,1-5H3,(H3,17,18,19);1H. The van der Waals surface area contributed by atoms with E-state index >= 15 is 0 Å². The Labute approximate surface area is 155 Å². The fraction of sp³-hybridized carbons (Fsp3) is 0.562. The first-order valence-electron chi connectivity index (χ1n) is 7.35. The van der Waals surface area contributed by atoms with E-state index in [1.807, 2.05) is 12.1 Å². The topological polar surface area (TPSA) is 78.1 Å². The number of hydrogen-bond donors (Lipinski definition) is 2. The zero-order chi connectivity index (χ0) is 16.5. The number of methoxy groups -OCH3 is 3. The Balaban J connectivity index is 0.00000484. The van der Waals surface area contributed by atoms with Gasteiger partial charge in [-0.25, -0.2) is 4.99 Å². The first-order valence-corrected chi connectivity index (χ1v) is 7.35. The van der Waals surface area contributed by atoms with Crippen LogP contribution in [-0.4, -0.2) is 33.8 Å². The van der Waals surface area contributed by atoms with Crippen LogP contribution in [0.5, 0.6) is 17.2 Å². The molecule has 0 spiro atoms. The minimum absolute atomic E-state index is 0. The summed E-state index contributed by atoms with van der Waals surface area (Å²) in [6.07, 6.45) is 1.05. The van der Waals surface area contributed by atoms with E-state index in [4.69, 9.17) is 19.9 Å². The van der Waals surface area contributed by atoms with E-state index in [1.54, 1.807) is 21.3 Å². The second-order valence-corrected chi connectivity index (χ2v) is 5.30. The lowest BCUT2D eigenvalue weighted by Gasteiger charge is -2.15. The molecule has 0 aliphatic rings. The fourth-order valence-electron chi connectivity index (χ4n) is 2.00. The van der Waals surface area contributed by atoms with Crippen molar-refractivity contribution in [3.63, 3.8) is 0 Å². The van der Waals surface area contributed by atoms with E-state index < -0.39 is 0 Å². The highest BCUT2D eigenvalue weighted by Crippen LogP contribution is 2.39. The Morgan fingerprint density at radius 3 is 2.30 bits per heavy atom. The Bertz CT molecular complexity index is 508. The summed E-state index contributed by atoms with van der Waals surface area (Å²) in [5.74, 6) is 2.85. The lowest BCUT2D eigenvalue weighted by Crippen LogP contribution is -2.32. The van der Waals surface area contributed by atoms with Gasteiger partial charge in [-0.15, -0.1) is 24.0 Å². The van der Waals surface area contributed by atoms with E-state index in [2.05, 4.69) is 24.2 Å². The van der Waals surface area contributed by atoms with Crippen molar-refractivity contribution in [3.05, 3.63) is 17.7 Å². The Morgan fingerprint density at radius 2 is 1.78 bits per heavy atom. The summed E-state index contributed by atoms with van der Waals surface area (Å²) in [6.45, 7) is 5.56. The molecule has 0 bridgehead atoms. The van der Waals surface area contributed by atoms with E-state index in [0.717, 1.165) is 18.5 Å². The van der Waals surface area contributed by atoms with Crippen molar-refractivity contribution in [2.24, 2.45) is 16.6 Å². The van der Waals surface area contributed by atoms with Gasteiger partial charge in [0.2, 0.25) is 5.75 Å². The van der Waals surface area contributed by atoms with Gasteiger partial charge in [-0.05, 0) is 24.5 Å². The van der Waals surface area contributed by atoms with Crippen molar-refractivity contribution in [2.45, 2.75) is 26.8 Å². The number of aliphatic imine (C=N–C) groups is 1. The highest BCUT2D eigenvalue weighted by atomic mass is 127. The Morgan fingerprint density at radius 1 is 1.13 bits per heavy atom. The molecule has 0 aliphatic carbocycles. The normalized spacial score (nSPS) is 11.0. The molecule has 3 N–H and O–H groups in total. The van der Waals surface area contributed by atoms with Crippen molar-refractivity contribution < 1.29 is 14.2 Å². The van der Waals surface area contributed by atoms with Gasteiger partial charge in [0, 0.05) is 12.1 Å². The number of nitrogens with two attached hydrogens (primary N) is 1. The monoisotopic (exact) mass is 437 g/mol. The summed E-state index contributed by atoms with van der Waals surface area (Å²) in [5.41, 5.74) is 6.75. The number of rotatable bonds is 8. The Hall–Kier alpha value is -1.38. The van der Waals surface area contributed by atoms with Crippen molar-refractivity contribution in [1.82, 2.24) is 5.32 Å². The summed E-state index contributed by atoms with van der Waals surface area (Å²) >= 11 is 0. The first kappa shape index (κ1) is 21.6. The SMILES string of the molecule is COc1ccc(CN=C(N)NCCC(C)C)c(OC)c1OC.I. The smallest absolute Gasteiger partial charge is 0.203 e. The number of ether oxygens (including phenoxy) is 3. The largest absolute Gasteiger partial charge is 0.493 e. The molecule has 0 unspecified atom stereocenters. The van der Waals surface area contributed by atoms with Crippen LogP contribution >= 0.6 is 24.0 Å². The Kier molecular flexibility index (Phi) is 10.5. The third-order valence-electron chi connectivity index (χ3n) is 3.23. The third-order valence-corrected chi connectivity index (χ3v) is 3.23. The molecule has 6 nitrogen and oxygen atoms in total. The van der Waals surface area contributed by atoms with Gasteiger partial charge in [0.25, 0.3) is 0 Å². The van der Waals surface area contributed by atoms with E-state index in [0.29, 0.717) is 35.7 Å². The molecule has 0 heterocycles. The van der Waals surface area contributed by atoms with Crippen LogP contribution in [0.2, 0.25) is 0 Å². The molecule has 1 rings (SSSR count). The van der Waals surface area contributed by atoms with Crippen LogP contribution in [0.1, 0.15) is 25.8 Å². The zero-order valence-corrected chi connectivity index (χ0v) is 16.8. The maximum Gasteiger partial charge on any atom is 0.203 e. The number of benzene rings is 1. The van der Waals surface area contributed by atoms with Crippen LogP contribution in [0.3, 0.4) is 0 Å². The number of nitrogens with one attached hydrogen (secondary N) is 1. The molecular weight excluding hydrogens is 409 g/mol. The molecule has 7 heteroatoms. The second kappa shape index (κ2) is 11.2. The van der Waals surface area contributed by atoms with Crippen molar-refractivity contribution >= 4 is 29.9 Å². The van der Waals surface area contributed by atoms with Crippen molar-refractivity contribution in [2.75, 3.05) is 27.9 Å². The quantitative estimate of drug-likeness (QED) is 0.372. The molecule has 0 amide bonds. The minimum atomic E-state index is 0. The van der Waals surface area contributed by atoms with Crippen molar-refractivity contribution in [3.8, 4) is 17.2 Å². The minimum Gasteiger partial charge on any atom is -0.493 e. The molecule has 0 saturated carbocycles. The summed E-state index contributed by atoms with van der Waals surface area (Å²) < 4.78 is 16.0. The van der Waals surface area contributed by atoms with Gasteiger partial charge in [0.05, 0.1) is 27.9 Å². The molecule has 132 valence electrons. The number of halogens is 1. The first-order chi connectivity index (χ1) is 10.5. The van der Waals surface area contributed by atoms with Gasteiger partial charge in [0.1, 0.15) is 0 Å². The number of nitrogens with zero attached hydrogens (tertiary/aromatic N) is 1. The van der Waals surface area contributed by atoms with Gasteiger partial charge < -0.3 is 25.3 Å². The van der Waals surface area contributed by atoms with Crippen molar-refractivity contribution in [1.29, 1.82) is 0 Å². The highest BCUT2D eigenvalue weighted by molar-refractivity contribution is 14.0. The fourth-order valence-corrected chi connectivity index (χ4v) is 2.00. The predicted octanol–water partition coefficient (Wildman–Crippen LogP) is 2.78. The lowest BCUT2D eigenvalue weighted by molar-refractivity contribution is 0.322. The molecule has 23 heavy (non-hydrogen) atoms. The van der Waals surface area contributed by atoms with Crippen LogP contribution in [0.4, 0.5) is 0 Å². The van der Waals surface area contributed by atoms with Gasteiger partial charge in [-0.1, -0.05) is 13.8 Å². The molecule has 1 aromatic rings. The summed E-state index contributed by atoms with van der Waals surface area (Å²) in [5, 5.41) is 3.10. The summed E-state index contributed by atoms with van der Waals surface area (Å²) in [4.78, 5) is 4.34. The van der Waals surface area contributed by atoms with Gasteiger partial charge >= 0.3 is 0 Å². The molecule has 0 saturated heterocycles. The second-order valence-electron chi connectivity index (χ2n) is 5.30. The molecule has 0 fully saturated rings. The third kappa shape index (κ3) is 6.72. The van der Waals surface area contributed by atoms with Gasteiger partial charge in [-0.2, -0.15) is 0 Å². The molecule has 1 aromatic carbocycles. The molecular formula is C16H28IN3O3. The predicted molar refractivity (Wildman–Crippen MR) is 104 cm³/mol. The highest BCUT2D eigenvalue weighted by Gasteiger charge is 2.15. The summed E-state index contributed by atoms with van der Waals surface area (Å²) in [6, 6.07) is 3.72. The summed E-state index contributed by atoms with van der Waals surface area (Å²) in [7, 11) is 4.76. The van der Waals surface area contributed by atoms with Gasteiger partial charge in [0.15, 0.2) is 17.5 Å². The average Bonchev–Trinajstić information content (AvgIpc) is 2.51. The lowest BCUT2D eigenvalue weighted by atomic mass is 10.1. The van der Waals surface area contributed by atoms with E-state index in [9.17, 15) is 0 Å².